The van der Waals surface area contributed by atoms with Crippen molar-refractivity contribution in [1.29, 1.82) is 0 Å². The quantitative estimate of drug-likeness (QED) is 0.751. The third-order valence-corrected chi connectivity index (χ3v) is 5.04. The fourth-order valence-electron chi connectivity index (χ4n) is 4.17. The maximum absolute atomic E-state index is 12.2. The number of aliphatic hydroxyl groups is 2. The van der Waals surface area contributed by atoms with E-state index in [1.54, 1.807) is 13.8 Å². The number of Topliss-reactive ketones (excluding diaryl/α,β-unsaturated/α-hetero) is 1. The highest BCUT2D eigenvalue weighted by molar-refractivity contribution is 5.98. The number of aliphatic hydroxyl groups excluding tert-OH is 1. The highest BCUT2D eigenvalue weighted by atomic mass is 16.3. The minimum atomic E-state index is -0.987. The van der Waals surface area contributed by atoms with E-state index in [1.807, 2.05) is 13.0 Å². The molecule has 2 N–H and O–H groups in total. The first-order chi connectivity index (χ1) is 8.19. The topological polar surface area (TPSA) is 57.5 Å². The average molecular weight is 252 g/mol. The summed E-state index contributed by atoms with van der Waals surface area (Å²) in [5.41, 5.74) is -0.566. The molecule has 0 saturated heterocycles. The molecular formula is C15H24O3. The van der Waals surface area contributed by atoms with E-state index in [1.165, 1.54) is 0 Å². The molecular weight excluding hydrogens is 228 g/mol. The Kier molecular flexibility index (Phi) is 3.19. The Morgan fingerprint density at radius 3 is 2.61 bits per heavy atom. The summed E-state index contributed by atoms with van der Waals surface area (Å²) in [4.78, 5) is 12.2. The van der Waals surface area contributed by atoms with Crippen LogP contribution in [-0.2, 0) is 4.79 Å². The molecule has 2 rings (SSSR count). The van der Waals surface area contributed by atoms with Gasteiger partial charge in [-0.05, 0) is 38.2 Å². The van der Waals surface area contributed by atoms with Crippen LogP contribution in [0.15, 0.2) is 11.6 Å². The molecule has 4 atom stereocenters. The van der Waals surface area contributed by atoms with E-state index in [2.05, 4.69) is 6.92 Å². The van der Waals surface area contributed by atoms with Gasteiger partial charge in [0.05, 0.1) is 11.7 Å². The Bertz CT molecular complexity index is 391. The van der Waals surface area contributed by atoms with Crippen LogP contribution in [0.3, 0.4) is 0 Å². The number of fused-ring (bicyclic) bond motifs is 1. The Labute approximate surface area is 109 Å². The number of carbonyl (C=O) groups excluding carboxylic acids is 1. The van der Waals surface area contributed by atoms with E-state index in [4.69, 9.17) is 0 Å². The fraction of sp³-hybridized carbons (Fsp3) is 0.800. The van der Waals surface area contributed by atoms with Gasteiger partial charge in [0.15, 0.2) is 5.78 Å². The first kappa shape index (κ1) is 13.8. The number of ketones is 1. The summed E-state index contributed by atoms with van der Waals surface area (Å²) < 4.78 is 0. The summed E-state index contributed by atoms with van der Waals surface area (Å²) in [5.74, 6) is 0.0640. The minimum absolute atomic E-state index is 0.0528. The van der Waals surface area contributed by atoms with Crippen molar-refractivity contribution in [3.05, 3.63) is 11.6 Å². The molecule has 0 aliphatic heterocycles. The minimum Gasteiger partial charge on any atom is -0.392 e. The van der Waals surface area contributed by atoms with Gasteiger partial charge in [0.1, 0.15) is 0 Å². The van der Waals surface area contributed by atoms with Gasteiger partial charge in [-0.1, -0.05) is 19.9 Å². The Morgan fingerprint density at radius 2 is 2.06 bits per heavy atom. The molecule has 0 heterocycles. The van der Waals surface area contributed by atoms with E-state index in [9.17, 15) is 15.0 Å². The summed E-state index contributed by atoms with van der Waals surface area (Å²) in [6.45, 7) is 7.63. The van der Waals surface area contributed by atoms with Crippen molar-refractivity contribution in [2.24, 2.45) is 17.3 Å². The highest BCUT2D eigenvalue weighted by Gasteiger charge is 2.56. The molecule has 3 heteroatoms. The molecule has 1 saturated carbocycles. The summed E-state index contributed by atoms with van der Waals surface area (Å²) in [6.07, 6.45) is 3.34. The number of carbonyl (C=O) groups is 1. The second-order valence-corrected chi connectivity index (χ2v) is 6.70. The lowest BCUT2D eigenvalue weighted by molar-refractivity contribution is -0.146. The van der Waals surface area contributed by atoms with Gasteiger partial charge in [-0.3, -0.25) is 4.79 Å². The van der Waals surface area contributed by atoms with Crippen molar-refractivity contribution in [3.8, 4) is 0 Å². The Morgan fingerprint density at radius 1 is 1.44 bits per heavy atom. The molecule has 0 aromatic carbocycles. The second kappa shape index (κ2) is 4.17. The molecule has 18 heavy (non-hydrogen) atoms. The molecule has 0 spiro atoms. The number of allylic oxidation sites excluding steroid dienone is 2. The fourth-order valence-corrected chi connectivity index (χ4v) is 4.17. The molecule has 0 bridgehead atoms. The summed E-state index contributed by atoms with van der Waals surface area (Å²) in [7, 11) is 0. The van der Waals surface area contributed by atoms with Crippen molar-refractivity contribution in [1.82, 2.24) is 0 Å². The molecule has 2 aliphatic carbocycles. The second-order valence-electron chi connectivity index (χ2n) is 6.70. The molecule has 0 aromatic heterocycles. The first-order valence-corrected chi connectivity index (χ1v) is 6.83. The van der Waals surface area contributed by atoms with Crippen LogP contribution in [0.4, 0.5) is 0 Å². The van der Waals surface area contributed by atoms with E-state index in [0.29, 0.717) is 5.92 Å². The molecule has 0 amide bonds. The van der Waals surface area contributed by atoms with Crippen molar-refractivity contribution >= 4 is 5.78 Å². The number of rotatable bonds is 1. The maximum atomic E-state index is 12.2. The van der Waals surface area contributed by atoms with Gasteiger partial charge in [0.2, 0.25) is 0 Å². The van der Waals surface area contributed by atoms with Crippen LogP contribution in [0.2, 0.25) is 0 Å². The summed E-state index contributed by atoms with van der Waals surface area (Å²) >= 11 is 0. The van der Waals surface area contributed by atoms with Crippen molar-refractivity contribution in [2.45, 2.75) is 58.7 Å². The van der Waals surface area contributed by atoms with Crippen LogP contribution in [-0.4, -0.2) is 27.7 Å². The van der Waals surface area contributed by atoms with Crippen LogP contribution in [0.1, 0.15) is 47.0 Å². The normalized spacial score (nSPS) is 41.3. The third kappa shape index (κ3) is 1.84. The first-order valence-electron chi connectivity index (χ1n) is 6.83. The number of hydrogen-bond acceptors (Lipinski definition) is 3. The van der Waals surface area contributed by atoms with E-state index < -0.39 is 17.1 Å². The predicted molar refractivity (Wildman–Crippen MR) is 70.0 cm³/mol. The Hall–Kier alpha value is -0.670. The molecule has 0 unspecified atom stereocenters. The average Bonchev–Trinajstić information content (AvgIpc) is 2.18. The molecule has 1 fully saturated rings. The number of hydrogen-bond donors (Lipinski definition) is 2. The predicted octanol–water partition coefficient (Wildman–Crippen LogP) is 2.07. The van der Waals surface area contributed by atoms with Crippen LogP contribution < -0.4 is 0 Å². The molecule has 0 aromatic rings. The Balaban J connectivity index is 2.55. The van der Waals surface area contributed by atoms with E-state index in [-0.39, 0.29) is 18.1 Å². The summed E-state index contributed by atoms with van der Waals surface area (Å²) in [5, 5.41) is 20.7. The zero-order chi connectivity index (χ0) is 13.7. The van der Waals surface area contributed by atoms with Gasteiger partial charge in [-0.25, -0.2) is 0 Å². The highest BCUT2D eigenvalue weighted by Crippen LogP contribution is 2.55. The third-order valence-electron chi connectivity index (χ3n) is 5.04. The van der Waals surface area contributed by atoms with Gasteiger partial charge >= 0.3 is 0 Å². The zero-order valence-corrected chi connectivity index (χ0v) is 11.7. The van der Waals surface area contributed by atoms with Gasteiger partial charge in [-0.2, -0.15) is 0 Å². The lowest BCUT2D eigenvalue weighted by Gasteiger charge is -2.54. The van der Waals surface area contributed by atoms with Gasteiger partial charge in [-0.15, -0.1) is 0 Å². The van der Waals surface area contributed by atoms with Crippen LogP contribution >= 0.6 is 0 Å². The molecule has 0 radical (unpaired) electrons. The van der Waals surface area contributed by atoms with Crippen molar-refractivity contribution < 1.29 is 15.0 Å². The van der Waals surface area contributed by atoms with Crippen LogP contribution in [0, 0.1) is 17.3 Å². The van der Waals surface area contributed by atoms with Crippen molar-refractivity contribution in [3.63, 3.8) is 0 Å². The van der Waals surface area contributed by atoms with E-state index in [0.717, 1.165) is 18.4 Å². The summed E-state index contributed by atoms with van der Waals surface area (Å²) in [6, 6.07) is 0. The lowest BCUT2D eigenvalue weighted by atomic mass is 9.51. The van der Waals surface area contributed by atoms with Crippen molar-refractivity contribution in [2.75, 3.05) is 0 Å². The monoisotopic (exact) mass is 252 g/mol. The van der Waals surface area contributed by atoms with Crippen LogP contribution in [0.25, 0.3) is 0 Å². The van der Waals surface area contributed by atoms with Gasteiger partial charge < -0.3 is 10.2 Å². The smallest absolute Gasteiger partial charge is 0.161 e. The molecule has 2 aliphatic rings. The largest absolute Gasteiger partial charge is 0.392 e. The SMILES string of the molecule is C[C@@H]1CCC=C2C(=O)C[C@H](O)[C@H](C(C)(C)O)[C@]21C. The molecule has 102 valence electrons. The van der Waals surface area contributed by atoms with E-state index >= 15 is 0 Å². The maximum Gasteiger partial charge on any atom is 0.161 e. The molecule has 3 nitrogen and oxygen atoms in total. The van der Waals surface area contributed by atoms with Gasteiger partial charge in [0, 0.05) is 17.8 Å². The van der Waals surface area contributed by atoms with Crippen LogP contribution in [0.5, 0.6) is 0 Å². The zero-order valence-electron chi connectivity index (χ0n) is 11.7. The van der Waals surface area contributed by atoms with Gasteiger partial charge in [0.25, 0.3) is 0 Å². The lowest BCUT2D eigenvalue weighted by Crippen LogP contribution is -2.58. The standard InChI is InChI=1S/C15H24O3/c1-9-6-5-7-10-11(16)8-12(17)13(14(2,3)18)15(9,10)4/h7,9,12-13,17-18H,5-6,8H2,1-4H3/t9-,12+,13-,15+/m1/s1.